The highest BCUT2D eigenvalue weighted by Crippen LogP contribution is 2.13. The van der Waals surface area contributed by atoms with Gasteiger partial charge in [-0.05, 0) is 44.2 Å². The molecular weight excluding hydrogens is 475 g/mol. The summed E-state index contributed by atoms with van der Waals surface area (Å²) in [4.78, 5) is 7.30. The quantitative estimate of drug-likeness (QED) is 0.247. The van der Waals surface area contributed by atoms with E-state index in [2.05, 4.69) is 71.0 Å². The van der Waals surface area contributed by atoms with E-state index in [9.17, 15) is 0 Å². The maximum absolute atomic E-state index is 4.76. The molecule has 0 aliphatic carbocycles. The van der Waals surface area contributed by atoms with E-state index in [4.69, 9.17) is 4.99 Å². The zero-order chi connectivity index (χ0) is 19.6. The van der Waals surface area contributed by atoms with Crippen LogP contribution in [0.15, 0.2) is 47.7 Å². The van der Waals surface area contributed by atoms with Gasteiger partial charge < -0.3 is 10.6 Å². The van der Waals surface area contributed by atoms with Gasteiger partial charge in [0, 0.05) is 51.5 Å². The van der Waals surface area contributed by atoms with Gasteiger partial charge in [-0.2, -0.15) is 5.10 Å². The fraction of sp³-hybridized carbons (Fsp3) is 0.545. The first-order valence-corrected chi connectivity index (χ1v) is 10.5. The Hall–Kier alpha value is -1.61. The Kier molecular flexibility index (Phi) is 10.5. The fourth-order valence-electron chi connectivity index (χ4n) is 3.60. The van der Waals surface area contributed by atoms with Crippen LogP contribution in [-0.4, -0.2) is 52.9 Å². The zero-order valence-corrected chi connectivity index (χ0v) is 20.0. The Labute approximate surface area is 192 Å². The van der Waals surface area contributed by atoms with Crippen molar-refractivity contribution in [1.29, 1.82) is 0 Å². The summed E-state index contributed by atoms with van der Waals surface area (Å²) in [6.45, 7) is 10.1. The van der Waals surface area contributed by atoms with Gasteiger partial charge in [0.1, 0.15) is 0 Å². The van der Waals surface area contributed by atoms with Crippen LogP contribution < -0.4 is 10.6 Å². The van der Waals surface area contributed by atoms with E-state index in [0.717, 1.165) is 64.5 Å². The first-order chi connectivity index (χ1) is 13.7. The van der Waals surface area contributed by atoms with Crippen molar-refractivity contribution in [3.05, 3.63) is 53.9 Å². The highest BCUT2D eigenvalue weighted by atomic mass is 127. The van der Waals surface area contributed by atoms with Gasteiger partial charge in [0.25, 0.3) is 0 Å². The lowest BCUT2D eigenvalue weighted by atomic mass is 10.0. The summed E-state index contributed by atoms with van der Waals surface area (Å²) in [5.74, 6) is 0.945. The lowest BCUT2D eigenvalue weighted by molar-refractivity contribution is 0.198. The number of likely N-dealkylation sites (tertiary alicyclic amines) is 1. The molecule has 0 radical (unpaired) electrons. The Balaban J connectivity index is 0.00000300. The number of benzene rings is 1. The fourth-order valence-corrected chi connectivity index (χ4v) is 3.60. The smallest absolute Gasteiger partial charge is 0.191 e. The van der Waals surface area contributed by atoms with Gasteiger partial charge in [0.05, 0.1) is 6.20 Å². The number of piperidine rings is 1. The van der Waals surface area contributed by atoms with E-state index in [-0.39, 0.29) is 24.0 Å². The number of nitrogens with zero attached hydrogens (tertiary/aromatic N) is 4. The van der Waals surface area contributed by atoms with Crippen molar-refractivity contribution in [3.8, 4) is 0 Å². The van der Waals surface area contributed by atoms with Gasteiger partial charge in [-0.3, -0.25) is 14.6 Å². The third-order valence-electron chi connectivity index (χ3n) is 5.10. The molecular formula is C22H35IN6. The van der Waals surface area contributed by atoms with Crippen molar-refractivity contribution in [2.24, 2.45) is 4.99 Å². The minimum atomic E-state index is 0. The molecule has 0 amide bonds. The van der Waals surface area contributed by atoms with Crippen molar-refractivity contribution in [2.75, 3.05) is 26.2 Å². The first-order valence-electron chi connectivity index (χ1n) is 10.5. The van der Waals surface area contributed by atoms with Gasteiger partial charge in [0.2, 0.25) is 0 Å². The van der Waals surface area contributed by atoms with Crippen molar-refractivity contribution in [1.82, 2.24) is 25.3 Å². The molecule has 0 bridgehead atoms. The number of aryl methyl sites for hydroxylation is 2. The lowest BCUT2D eigenvalue weighted by Crippen LogP contribution is -2.48. The van der Waals surface area contributed by atoms with Crippen LogP contribution in [0.2, 0.25) is 0 Å². The second-order valence-electron chi connectivity index (χ2n) is 7.58. The average Bonchev–Trinajstić information content (AvgIpc) is 3.13. The van der Waals surface area contributed by atoms with Crippen molar-refractivity contribution >= 4 is 29.9 Å². The number of hydrogen-bond acceptors (Lipinski definition) is 3. The monoisotopic (exact) mass is 510 g/mol. The van der Waals surface area contributed by atoms with Crippen LogP contribution >= 0.6 is 24.0 Å². The minimum absolute atomic E-state index is 0. The molecule has 1 aromatic heterocycles. The molecule has 160 valence electrons. The molecule has 2 N–H and O–H groups in total. The van der Waals surface area contributed by atoms with Gasteiger partial charge >= 0.3 is 0 Å². The van der Waals surface area contributed by atoms with Crippen LogP contribution in [-0.2, 0) is 13.1 Å². The summed E-state index contributed by atoms with van der Waals surface area (Å²) in [6.07, 6.45) is 7.29. The lowest BCUT2D eigenvalue weighted by Gasteiger charge is -2.33. The van der Waals surface area contributed by atoms with Gasteiger partial charge in [-0.15, -0.1) is 24.0 Å². The summed E-state index contributed by atoms with van der Waals surface area (Å²) < 4.78 is 1.99. The van der Waals surface area contributed by atoms with Crippen LogP contribution in [0.3, 0.4) is 0 Å². The number of aliphatic imine (C=N–C) groups is 1. The largest absolute Gasteiger partial charge is 0.357 e. The van der Waals surface area contributed by atoms with Crippen molar-refractivity contribution in [2.45, 2.75) is 52.2 Å². The summed E-state index contributed by atoms with van der Waals surface area (Å²) in [6, 6.07) is 11.2. The van der Waals surface area contributed by atoms with E-state index in [0.29, 0.717) is 6.04 Å². The molecule has 0 saturated carbocycles. The summed E-state index contributed by atoms with van der Waals surface area (Å²) >= 11 is 0. The second kappa shape index (κ2) is 12.8. The third kappa shape index (κ3) is 8.34. The maximum Gasteiger partial charge on any atom is 0.191 e. The van der Waals surface area contributed by atoms with Crippen LogP contribution in [0.4, 0.5) is 0 Å². The minimum Gasteiger partial charge on any atom is -0.357 e. The second-order valence-corrected chi connectivity index (χ2v) is 7.58. The molecule has 29 heavy (non-hydrogen) atoms. The summed E-state index contributed by atoms with van der Waals surface area (Å²) in [7, 11) is 0. The first kappa shape index (κ1) is 23.7. The Morgan fingerprint density at radius 2 is 1.97 bits per heavy atom. The normalized spacial score (nSPS) is 15.7. The molecule has 0 atom stereocenters. The van der Waals surface area contributed by atoms with Crippen LogP contribution in [0.1, 0.15) is 37.3 Å². The zero-order valence-electron chi connectivity index (χ0n) is 17.7. The van der Waals surface area contributed by atoms with Crippen LogP contribution in [0, 0.1) is 6.92 Å². The molecule has 1 aliphatic heterocycles. The molecule has 3 rings (SSSR count). The SMILES string of the molecule is CCNC(=NCCCn1cc(C)cn1)NC1CCN(Cc2ccccc2)CC1.I. The number of rotatable bonds is 8. The molecule has 6 nitrogen and oxygen atoms in total. The Bertz CT molecular complexity index is 722. The van der Waals surface area contributed by atoms with Crippen molar-refractivity contribution < 1.29 is 0 Å². The Morgan fingerprint density at radius 1 is 1.21 bits per heavy atom. The van der Waals surface area contributed by atoms with Crippen LogP contribution in [0.25, 0.3) is 0 Å². The number of aromatic nitrogens is 2. The van der Waals surface area contributed by atoms with E-state index < -0.39 is 0 Å². The molecule has 2 heterocycles. The highest BCUT2D eigenvalue weighted by Gasteiger charge is 2.19. The average molecular weight is 510 g/mol. The Morgan fingerprint density at radius 3 is 2.62 bits per heavy atom. The maximum atomic E-state index is 4.76. The predicted octanol–water partition coefficient (Wildman–Crippen LogP) is 3.42. The standard InChI is InChI=1S/C22H34N6.HI/c1-3-23-22(24-12-7-13-28-17-19(2)16-25-28)26-21-10-14-27(15-11-21)18-20-8-5-4-6-9-20;/h4-6,8-9,16-17,21H,3,7,10-15,18H2,1-2H3,(H2,23,24,26);1H. The van der Waals surface area contributed by atoms with Crippen molar-refractivity contribution in [3.63, 3.8) is 0 Å². The molecule has 1 aliphatic rings. The molecule has 1 aromatic carbocycles. The van der Waals surface area contributed by atoms with E-state index in [1.54, 1.807) is 0 Å². The molecule has 0 spiro atoms. The van der Waals surface area contributed by atoms with E-state index in [1.165, 1.54) is 11.1 Å². The molecule has 1 saturated heterocycles. The topological polar surface area (TPSA) is 57.5 Å². The third-order valence-corrected chi connectivity index (χ3v) is 5.10. The van der Waals surface area contributed by atoms with E-state index >= 15 is 0 Å². The van der Waals surface area contributed by atoms with Gasteiger partial charge in [-0.1, -0.05) is 30.3 Å². The van der Waals surface area contributed by atoms with Crippen LogP contribution in [0.5, 0.6) is 0 Å². The van der Waals surface area contributed by atoms with E-state index in [1.807, 2.05) is 10.9 Å². The summed E-state index contributed by atoms with van der Waals surface area (Å²) in [5.41, 5.74) is 2.60. The molecule has 0 unspecified atom stereocenters. The highest BCUT2D eigenvalue weighted by molar-refractivity contribution is 14.0. The number of guanidine groups is 1. The predicted molar refractivity (Wildman–Crippen MR) is 131 cm³/mol. The molecule has 7 heteroatoms. The molecule has 2 aromatic rings. The number of halogens is 1. The van der Waals surface area contributed by atoms with Gasteiger partial charge in [0.15, 0.2) is 5.96 Å². The summed E-state index contributed by atoms with van der Waals surface area (Å²) in [5, 5.41) is 11.4. The van der Waals surface area contributed by atoms with Gasteiger partial charge in [-0.25, -0.2) is 0 Å². The number of nitrogens with one attached hydrogen (secondary N) is 2. The molecule has 1 fully saturated rings. The number of hydrogen-bond donors (Lipinski definition) is 2.